The van der Waals surface area contributed by atoms with Crippen LogP contribution in [0.1, 0.15) is 373 Å². The standard InChI is InChI=1S/C74H137NO3/c1-3-5-7-9-11-13-15-17-19-21-23-25-27-29-31-32-33-34-35-36-37-38-39-40-41-42-44-46-48-50-52-54-56-58-60-62-64-66-68-70-74(78)75-72(71-76)73(77)69-67-65-63-61-59-57-55-53-51-49-47-45-43-30-28-26-24-22-20-18-16-14-12-10-8-6-4-2/h5,7,11,13,17,19,23,25,59,61,67,69,72-73,76-77H,3-4,6,8-10,12,14-16,18,20-22,24,26-58,60,62-66,68,70-71H2,1-2H3,(H,75,78)/b7-5-,13-11-,19-17-,25-23-,61-59+,69-67+. The van der Waals surface area contributed by atoms with Crippen molar-refractivity contribution in [2.45, 2.75) is 386 Å². The van der Waals surface area contributed by atoms with Crippen LogP contribution in [-0.2, 0) is 4.79 Å². The Morgan fingerprint density at radius 3 is 0.897 bits per heavy atom. The van der Waals surface area contributed by atoms with Crippen molar-refractivity contribution in [3.8, 4) is 0 Å². The van der Waals surface area contributed by atoms with Crippen LogP contribution in [0.25, 0.3) is 0 Å². The van der Waals surface area contributed by atoms with Gasteiger partial charge in [-0.1, -0.05) is 369 Å². The molecule has 3 N–H and O–H groups in total. The zero-order chi connectivity index (χ0) is 56.2. The average molecular weight is 1090 g/mol. The van der Waals surface area contributed by atoms with Gasteiger partial charge in [0.25, 0.3) is 0 Å². The first kappa shape index (κ1) is 75.8. The minimum Gasteiger partial charge on any atom is -0.394 e. The Hall–Kier alpha value is -2.17. The number of amides is 1. The molecule has 0 fully saturated rings. The van der Waals surface area contributed by atoms with Crippen LogP contribution < -0.4 is 5.32 Å². The number of nitrogens with one attached hydrogen (secondary N) is 1. The second-order valence-electron chi connectivity index (χ2n) is 23.9. The van der Waals surface area contributed by atoms with Crippen LogP contribution in [0, 0.1) is 0 Å². The first-order valence-corrected chi connectivity index (χ1v) is 35.2. The van der Waals surface area contributed by atoms with Gasteiger partial charge in [-0.2, -0.15) is 0 Å². The lowest BCUT2D eigenvalue weighted by Gasteiger charge is -2.19. The van der Waals surface area contributed by atoms with Gasteiger partial charge in [0.15, 0.2) is 0 Å². The summed E-state index contributed by atoms with van der Waals surface area (Å²) in [5, 5.41) is 23.3. The monoisotopic (exact) mass is 1090 g/mol. The largest absolute Gasteiger partial charge is 0.394 e. The van der Waals surface area contributed by atoms with Crippen LogP contribution in [0.15, 0.2) is 72.9 Å². The van der Waals surface area contributed by atoms with Gasteiger partial charge >= 0.3 is 0 Å². The number of hydrogen-bond donors (Lipinski definition) is 3. The topological polar surface area (TPSA) is 69.6 Å². The zero-order valence-corrected chi connectivity index (χ0v) is 52.7. The van der Waals surface area contributed by atoms with Gasteiger partial charge in [0.2, 0.25) is 5.91 Å². The molecule has 2 unspecified atom stereocenters. The van der Waals surface area contributed by atoms with E-state index >= 15 is 0 Å². The lowest BCUT2D eigenvalue weighted by Crippen LogP contribution is -2.45. The fourth-order valence-electron chi connectivity index (χ4n) is 10.9. The van der Waals surface area contributed by atoms with E-state index in [2.05, 4.69) is 79.9 Å². The smallest absolute Gasteiger partial charge is 0.220 e. The van der Waals surface area contributed by atoms with E-state index in [1.165, 1.54) is 295 Å². The van der Waals surface area contributed by atoms with Crippen molar-refractivity contribution in [3.63, 3.8) is 0 Å². The van der Waals surface area contributed by atoms with E-state index in [0.29, 0.717) is 6.42 Å². The third-order valence-corrected chi connectivity index (χ3v) is 16.2. The Balaban J connectivity index is 3.44. The van der Waals surface area contributed by atoms with Gasteiger partial charge in [0.05, 0.1) is 18.8 Å². The summed E-state index contributed by atoms with van der Waals surface area (Å²) in [4.78, 5) is 12.5. The number of rotatable bonds is 65. The highest BCUT2D eigenvalue weighted by Gasteiger charge is 2.18. The lowest BCUT2D eigenvalue weighted by atomic mass is 10.0. The molecule has 0 aromatic carbocycles. The quantitative estimate of drug-likeness (QED) is 0.0420. The third-order valence-electron chi connectivity index (χ3n) is 16.2. The number of carbonyl (C=O) groups excluding carboxylic acids is 1. The fourth-order valence-corrected chi connectivity index (χ4v) is 10.9. The second kappa shape index (κ2) is 69.1. The van der Waals surface area contributed by atoms with Crippen LogP contribution in [0.4, 0.5) is 0 Å². The van der Waals surface area contributed by atoms with E-state index in [-0.39, 0.29) is 12.5 Å². The van der Waals surface area contributed by atoms with Gasteiger partial charge in [0, 0.05) is 6.42 Å². The molecule has 0 aliphatic carbocycles. The highest BCUT2D eigenvalue weighted by Crippen LogP contribution is 2.19. The van der Waals surface area contributed by atoms with Crippen molar-refractivity contribution in [1.29, 1.82) is 0 Å². The van der Waals surface area contributed by atoms with Gasteiger partial charge in [0.1, 0.15) is 0 Å². The minimum atomic E-state index is -0.864. The molecule has 78 heavy (non-hydrogen) atoms. The van der Waals surface area contributed by atoms with Gasteiger partial charge in [-0.3, -0.25) is 4.79 Å². The average Bonchev–Trinajstić information content (AvgIpc) is 3.44. The van der Waals surface area contributed by atoms with Crippen molar-refractivity contribution < 1.29 is 15.0 Å². The summed E-state index contributed by atoms with van der Waals surface area (Å²) >= 11 is 0. The summed E-state index contributed by atoms with van der Waals surface area (Å²) in [6.07, 6.45) is 100. The first-order valence-electron chi connectivity index (χ1n) is 35.2. The number of aliphatic hydroxyl groups is 2. The number of allylic oxidation sites excluding steroid dienone is 11. The molecule has 0 aromatic heterocycles. The van der Waals surface area contributed by atoms with Crippen molar-refractivity contribution >= 4 is 5.91 Å². The Bertz CT molecular complexity index is 1330. The van der Waals surface area contributed by atoms with E-state index in [4.69, 9.17) is 0 Å². The molecule has 2 atom stereocenters. The summed E-state index contributed by atoms with van der Waals surface area (Å²) in [5.41, 5.74) is 0. The molecule has 0 aliphatic rings. The number of unbranched alkanes of at least 4 members (excludes halogenated alkanes) is 48. The normalized spacial score (nSPS) is 13.1. The molecule has 0 spiro atoms. The van der Waals surface area contributed by atoms with Crippen LogP contribution in [0.5, 0.6) is 0 Å². The maximum absolute atomic E-state index is 12.5. The van der Waals surface area contributed by atoms with Crippen molar-refractivity contribution in [2.24, 2.45) is 0 Å². The maximum Gasteiger partial charge on any atom is 0.220 e. The SMILES string of the molecule is CC/C=C\C/C=C\C/C=C\C/C=C\CCCCCCCCCCCCCCCCCCCCCCCCCCCCC(=O)NC(CO)C(O)/C=C/CC/C=C/CCCCCCCCCCCCCCCCCCCCCCC. The van der Waals surface area contributed by atoms with E-state index in [9.17, 15) is 15.0 Å². The Morgan fingerprint density at radius 2 is 0.577 bits per heavy atom. The summed E-state index contributed by atoms with van der Waals surface area (Å²) in [5.74, 6) is -0.0671. The zero-order valence-electron chi connectivity index (χ0n) is 52.7. The molecular formula is C74H137NO3. The van der Waals surface area contributed by atoms with Crippen molar-refractivity contribution in [2.75, 3.05) is 6.61 Å². The van der Waals surface area contributed by atoms with Crippen LogP contribution in [0.3, 0.4) is 0 Å². The molecule has 0 heterocycles. The maximum atomic E-state index is 12.5. The molecule has 0 saturated carbocycles. The van der Waals surface area contributed by atoms with Gasteiger partial charge in [-0.15, -0.1) is 0 Å². The van der Waals surface area contributed by atoms with Gasteiger partial charge < -0.3 is 15.5 Å². The molecule has 0 bridgehead atoms. The summed E-state index contributed by atoms with van der Waals surface area (Å²) < 4.78 is 0. The minimum absolute atomic E-state index is 0.0671. The van der Waals surface area contributed by atoms with Crippen LogP contribution in [0.2, 0.25) is 0 Å². The van der Waals surface area contributed by atoms with E-state index in [0.717, 1.165) is 57.8 Å². The lowest BCUT2D eigenvalue weighted by molar-refractivity contribution is -0.123. The summed E-state index contributed by atoms with van der Waals surface area (Å²) in [6.45, 7) is 4.22. The first-order chi connectivity index (χ1) is 38.7. The second-order valence-corrected chi connectivity index (χ2v) is 23.9. The van der Waals surface area contributed by atoms with E-state index < -0.39 is 12.1 Å². The third kappa shape index (κ3) is 64.6. The molecule has 0 aliphatic heterocycles. The summed E-state index contributed by atoms with van der Waals surface area (Å²) in [7, 11) is 0. The summed E-state index contributed by atoms with van der Waals surface area (Å²) in [6, 6.07) is -0.641. The molecule has 1 amide bonds. The fraction of sp³-hybridized carbons (Fsp3) is 0.824. The van der Waals surface area contributed by atoms with Crippen LogP contribution >= 0.6 is 0 Å². The molecule has 0 aromatic rings. The molecule has 4 nitrogen and oxygen atoms in total. The molecule has 0 radical (unpaired) electrons. The molecular weight excluding hydrogens is 951 g/mol. The predicted molar refractivity (Wildman–Crippen MR) is 350 cm³/mol. The highest BCUT2D eigenvalue weighted by atomic mass is 16.3. The number of hydrogen-bond acceptors (Lipinski definition) is 3. The molecule has 0 saturated heterocycles. The van der Waals surface area contributed by atoms with E-state index in [1.807, 2.05) is 6.08 Å². The molecule has 0 rings (SSSR count). The molecule has 456 valence electrons. The van der Waals surface area contributed by atoms with Crippen LogP contribution in [-0.4, -0.2) is 34.9 Å². The van der Waals surface area contributed by atoms with Gasteiger partial charge in [-0.25, -0.2) is 0 Å². The van der Waals surface area contributed by atoms with Crippen molar-refractivity contribution in [1.82, 2.24) is 5.32 Å². The predicted octanol–water partition coefficient (Wildman–Crippen LogP) is 24.0. The molecule has 4 heteroatoms. The number of aliphatic hydroxyl groups excluding tert-OH is 2. The Kier molecular flexibility index (Phi) is 67.2. The van der Waals surface area contributed by atoms with Gasteiger partial charge in [-0.05, 0) is 70.6 Å². The highest BCUT2D eigenvalue weighted by molar-refractivity contribution is 5.76. The van der Waals surface area contributed by atoms with Crippen molar-refractivity contribution in [3.05, 3.63) is 72.9 Å². The Morgan fingerprint density at radius 1 is 0.321 bits per heavy atom. The number of carbonyl (C=O) groups is 1. The Labute approximate surface area is 489 Å². The van der Waals surface area contributed by atoms with E-state index in [1.54, 1.807) is 6.08 Å².